The van der Waals surface area contributed by atoms with Gasteiger partial charge in [-0.05, 0) is 24.8 Å². The number of ether oxygens (including phenoxy) is 4. The first-order valence-corrected chi connectivity index (χ1v) is 19.6. The standard InChI is InChI=1S/C37H60N4O16/c1-18(2)12-10-8-6-4-5-7-9-11-13-23(45)39-26-30(50)27(47)21(54-36(26)57-35-25(38-19(3)43)29(49)28(48)22(17-42)55-35)16-20(44)33-31(51)32(52)34(56-33)41-15-14-24(46)40-37(41)53/h11,13-15,18,20-22,25-36,42,44,47-52H,4-10,12,16-17H2,1-3H3,(H,38,43)(H,39,45)(H,40,46,53)/b13-11+/t20?,21-,22+,25+,26-,27+,28+,29+,30-,31?,32?,33?,34?,35+,36+/m0/s1. The average Bonchev–Trinajstić information content (AvgIpc) is 3.45. The van der Waals surface area contributed by atoms with E-state index in [4.69, 9.17) is 18.9 Å². The number of aliphatic hydroxyl groups is 8. The van der Waals surface area contributed by atoms with Crippen LogP contribution in [0.15, 0.2) is 34.0 Å². The van der Waals surface area contributed by atoms with Crippen molar-refractivity contribution in [3.63, 3.8) is 0 Å². The molecule has 15 atom stereocenters. The zero-order valence-electron chi connectivity index (χ0n) is 32.4. The molecule has 2 amide bonds. The van der Waals surface area contributed by atoms with Crippen LogP contribution in [0.25, 0.3) is 0 Å². The van der Waals surface area contributed by atoms with E-state index in [0.29, 0.717) is 12.3 Å². The van der Waals surface area contributed by atoms with Crippen LogP contribution in [0.1, 0.15) is 84.8 Å². The highest BCUT2D eigenvalue weighted by Crippen LogP contribution is 2.34. The van der Waals surface area contributed by atoms with E-state index >= 15 is 0 Å². The van der Waals surface area contributed by atoms with Crippen molar-refractivity contribution in [1.29, 1.82) is 0 Å². The largest absolute Gasteiger partial charge is 0.394 e. The number of nitrogens with zero attached hydrogens (tertiary/aromatic N) is 1. The van der Waals surface area contributed by atoms with Crippen molar-refractivity contribution < 1.29 is 69.4 Å². The number of aliphatic hydroxyl groups excluding tert-OH is 8. The molecule has 20 nitrogen and oxygen atoms in total. The highest BCUT2D eigenvalue weighted by molar-refractivity contribution is 5.87. The van der Waals surface area contributed by atoms with Gasteiger partial charge in [-0.2, -0.15) is 0 Å². The Kier molecular flexibility index (Phi) is 17.8. The summed E-state index contributed by atoms with van der Waals surface area (Å²) in [6.07, 6.45) is -10.3. The number of H-pyrrole nitrogens is 1. The second kappa shape index (κ2) is 21.8. The monoisotopic (exact) mass is 816 g/mol. The Balaban J connectivity index is 1.48. The van der Waals surface area contributed by atoms with Gasteiger partial charge in [0.25, 0.3) is 5.56 Å². The number of nitrogens with one attached hydrogen (secondary N) is 3. The van der Waals surface area contributed by atoms with Gasteiger partial charge in [0.1, 0.15) is 60.9 Å². The van der Waals surface area contributed by atoms with Gasteiger partial charge in [0.15, 0.2) is 18.8 Å². The molecule has 3 saturated heterocycles. The zero-order chi connectivity index (χ0) is 42.0. The Hall–Kier alpha value is -3.12. The molecule has 4 heterocycles. The molecule has 57 heavy (non-hydrogen) atoms. The van der Waals surface area contributed by atoms with E-state index in [-0.39, 0.29) is 0 Å². The van der Waals surface area contributed by atoms with Crippen LogP contribution in [-0.2, 0) is 28.5 Å². The van der Waals surface area contributed by atoms with E-state index in [9.17, 15) is 60.0 Å². The Labute approximate surface area is 329 Å². The molecule has 1 aromatic rings. The summed E-state index contributed by atoms with van der Waals surface area (Å²) in [5.74, 6) is -0.665. The van der Waals surface area contributed by atoms with Crippen LogP contribution >= 0.6 is 0 Å². The Morgan fingerprint density at radius 1 is 0.842 bits per heavy atom. The lowest BCUT2D eigenvalue weighted by atomic mass is 9.91. The molecule has 0 aromatic carbocycles. The molecule has 324 valence electrons. The van der Waals surface area contributed by atoms with Crippen LogP contribution in [0.4, 0.5) is 0 Å². The average molecular weight is 817 g/mol. The van der Waals surface area contributed by atoms with Gasteiger partial charge >= 0.3 is 5.69 Å². The number of hydrogen-bond donors (Lipinski definition) is 11. The smallest absolute Gasteiger partial charge is 0.330 e. The molecular weight excluding hydrogens is 756 g/mol. The third-order valence-corrected chi connectivity index (χ3v) is 10.5. The van der Waals surface area contributed by atoms with Gasteiger partial charge in [-0.3, -0.25) is 23.9 Å². The fraction of sp³-hybridized carbons (Fsp3) is 0.784. The van der Waals surface area contributed by atoms with Crippen LogP contribution in [0.5, 0.6) is 0 Å². The number of carbonyl (C=O) groups excluding carboxylic acids is 2. The number of rotatable bonds is 19. The fourth-order valence-corrected chi connectivity index (χ4v) is 7.27. The quantitative estimate of drug-likeness (QED) is 0.0494. The molecular formula is C37H60N4O16. The molecule has 0 aliphatic carbocycles. The molecule has 1 aromatic heterocycles. The summed E-state index contributed by atoms with van der Waals surface area (Å²) in [6.45, 7) is 4.75. The molecule has 0 spiro atoms. The molecule has 4 rings (SSSR count). The van der Waals surface area contributed by atoms with Crippen LogP contribution < -0.4 is 21.9 Å². The topological polar surface area (TPSA) is 312 Å². The molecule has 0 bridgehead atoms. The molecule has 11 N–H and O–H groups in total. The number of carbonyl (C=O) groups is 2. The molecule has 5 unspecified atom stereocenters. The van der Waals surface area contributed by atoms with Gasteiger partial charge in [0.2, 0.25) is 11.8 Å². The molecule has 20 heteroatoms. The minimum atomic E-state index is -1.85. The maximum absolute atomic E-state index is 13.1. The highest BCUT2D eigenvalue weighted by Gasteiger charge is 2.53. The third-order valence-electron chi connectivity index (χ3n) is 10.5. The first-order chi connectivity index (χ1) is 27.0. The second-order valence-electron chi connectivity index (χ2n) is 15.4. The van der Waals surface area contributed by atoms with Gasteiger partial charge < -0.3 is 70.4 Å². The van der Waals surface area contributed by atoms with Crippen LogP contribution in [-0.4, -0.2) is 155 Å². The highest BCUT2D eigenvalue weighted by atomic mass is 16.8. The van der Waals surface area contributed by atoms with Gasteiger partial charge in [0, 0.05) is 25.6 Å². The summed E-state index contributed by atoms with van der Waals surface area (Å²) >= 11 is 0. The number of aromatic amines is 1. The maximum atomic E-state index is 13.1. The summed E-state index contributed by atoms with van der Waals surface area (Å²) in [5.41, 5.74) is -1.68. The van der Waals surface area contributed by atoms with Crippen molar-refractivity contribution in [3.8, 4) is 0 Å². The Morgan fingerprint density at radius 2 is 1.44 bits per heavy atom. The van der Waals surface area contributed by atoms with E-state index < -0.39 is 128 Å². The van der Waals surface area contributed by atoms with E-state index in [1.165, 1.54) is 25.3 Å². The summed E-state index contributed by atoms with van der Waals surface area (Å²) in [5, 5.41) is 91.3. The van der Waals surface area contributed by atoms with Gasteiger partial charge in [0.05, 0.1) is 18.8 Å². The number of unbranched alkanes of at least 4 members (excludes halogenated alkanes) is 6. The minimum absolute atomic E-state index is 0.598. The number of allylic oxidation sites excluding steroid dienone is 1. The molecule has 3 fully saturated rings. The van der Waals surface area contributed by atoms with Gasteiger partial charge in [-0.1, -0.05) is 58.4 Å². The van der Waals surface area contributed by atoms with Gasteiger partial charge in [-0.25, -0.2) is 4.79 Å². The van der Waals surface area contributed by atoms with Crippen LogP contribution in [0, 0.1) is 5.92 Å². The van der Waals surface area contributed by atoms with Crippen molar-refractivity contribution in [2.24, 2.45) is 5.92 Å². The summed E-state index contributed by atoms with van der Waals surface area (Å²) < 4.78 is 24.1. The SMILES string of the molecule is CC(=O)N[C@H]1[C@@H](O[C@H]2O[C@@H](CC(O)C3OC(n4ccc(=O)[nH]c4=O)C(O)C3O)[C@@H](O)[C@@H](O)[C@@H]2NC(=O)/C=C/CCCCCCCCC(C)C)O[C@H](CO)[C@@H](O)[C@@H]1O. The Morgan fingerprint density at radius 3 is 2.05 bits per heavy atom. The van der Waals surface area contributed by atoms with Crippen molar-refractivity contribution in [1.82, 2.24) is 20.2 Å². The van der Waals surface area contributed by atoms with Crippen molar-refractivity contribution in [2.75, 3.05) is 6.61 Å². The summed E-state index contributed by atoms with van der Waals surface area (Å²) in [6, 6.07) is -2.01. The number of hydrogen-bond acceptors (Lipinski definition) is 16. The molecule has 0 radical (unpaired) electrons. The van der Waals surface area contributed by atoms with Crippen molar-refractivity contribution in [3.05, 3.63) is 45.3 Å². The third kappa shape index (κ3) is 12.4. The predicted octanol–water partition coefficient (Wildman–Crippen LogP) is -2.87. The maximum Gasteiger partial charge on any atom is 0.330 e. The van der Waals surface area contributed by atoms with Crippen LogP contribution in [0.3, 0.4) is 0 Å². The summed E-state index contributed by atoms with van der Waals surface area (Å²) in [4.78, 5) is 51.0. The first kappa shape index (κ1) is 46.6. The normalized spacial score (nSPS) is 35.1. The molecule has 3 aliphatic rings. The van der Waals surface area contributed by atoms with E-state index in [2.05, 4.69) is 24.5 Å². The number of aromatic nitrogens is 2. The van der Waals surface area contributed by atoms with E-state index in [1.54, 1.807) is 6.08 Å². The minimum Gasteiger partial charge on any atom is -0.394 e. The molecule has 0 saturated carbocycles. The lowest BCUT2D eigenvalue weighted by molar-refractivity contribution is -0.346. The lowest BCUT2D eigenvalue weighted by Gasteiger charge is -2.47. The predicted molar refractivity (Wildman–Crippen MR) is 198 cm³/mol. The van der Waals surface area contributed by atoms with E-state index in [1.807, 2.05) is 4.98 Å². The first-order valence-electron chi connectivity index (χ1n) is 19.6. The van der Waals surface area contributed by atoms with Crippen LogP contribution in [0.2, 0.25) is 0 Å². The van der Waals surface area contributed by atoms with Crippen molar-refractivity contribution >= 4 is 11.8 Å². The zero-order valence-corrected chi connectivity index (χ0v) is 32.4. The second-order valence-corrected chi connectivity index (χ2v) is 15.4. The van der Waals surface area contributed by atoms with E-state index in [0.717, 1.165) is 49.4 Å². The fourth-order valence-electron chi connectivity index (χ4n) is 7.27. The van der Waals surface area contributed by atoms with Gasteiger partial charge in [-0.15, -0.1) is 0 Å². The van der Waals surface area contributed by atoms with Crippen molar-refractivity contribution in [2.45, 2.75) is 170 Å². The number of amides is 2. The lowest BCUT2D eigenvalue weighted by Crippen LogP contribution is -2.68. The molecule has 3 aliphatic heterocycles. The summed E-state index contributed by atoms with van der Waals surface area (Å²) in [7, 11) is 0. The Bertz CT molecular complexity index is 1570.